The highest BCUT2D eigenvalue weighted by molar-refractivity contribution is 5.97. The number of nitrogens with one attached hydrogen (secondary N) is 1. The van der Waals surface area contributed by atoms with Crippen LogP contribution in [0.5, 0.6) is 0 Å². The molecule has 0 unspecified atom stereocenters. The van der Waals surface area contributed by atoms with Crippen molar-refractivity contribution in [1.82, 2.24) is 15.0 Å². The molecule has 5 nitrogen and oxygen atoms in total. The fourth-order valence-corrected chi connectivity index (χ4v) is 3.11. The lowest BCUT2D eigenvalue weighted by Crippen LogP contribution is -2.40. The molecule has 1 fully saturated rings. The van der Waals surface area contributed by atoms with Crippen LogP contribution in [0.2, 0.25) is 0 Å². The lowest BCUT2D eigenvalue weighted by molar-refractivity contribution is -0.182. The van der Waals surface area contributed by atoms with Crippen LogP contribution in [0.25, 0.3) is 11.0 Å². The Morgan fingerprint density at radius 1 is 1.29 bits per heavy atom. The zero-order chi connectivity index (χ0) is 17.3. The maximum Gasteiger partial charge on any atom is 0.391 e. The van der Waals surface area contributed by atoms with Gasteiger partial charge in [-0.3, -0.25) is 4.79 Å². The van der Waals surface area contributed by atoms with Crippen LogP contribution in [-0.2, 0) is 0 Å². The van der Waals surface area contributed by atoms with E-state index in [-0.39, 0.29) is 24.8 Å². The van der Waals surface area contributed by atoms with Crippen LogP contribution in [0.4, 0.5) is 13.2 Å². The molecule has 1 aliphatic carbocycles. The zero-order valence-electron chi connectivity index (χ0n) is 13.1. The molecule has 2 aromatic rings. The van der Waals surface area contributed by atoms with Gasteiger partial charge in [0.1, 0.15) is 19.0 Å². The minimum absolute atomic E-state index is 0.0612. The summed E-state index contributed by atoms with van der Waals surface area (Å²) >= 11 is 0. The Kier molecular flexibility index (Phi) is 4.38. The summed E-state index contributed by atoms with van der Waals surface area (Å²) in [6.45, 7) is 0. The monoisotopic (exact) mass is 341 g/mol. The molecule has 3 rings (SSSR count). The predicted molar refractivity (Wildman–Crippen MR) is 81.5 cm³/mol. The van der Waals surface area contributed by atoms with Gasteiger partial charge >= 0.3 is 6.18 Å². The molecule has 24 heavy (non-hydrogen) atoms. The first kappa shape index (κ1) is 16.6. The third-order valence-corrected chi connectivity index (χ3v) is 4.50. The molecular weight excluding hydrogens is 323 g/mol. The Labute approximate surface area is 136 Å². The van der Waals surface area contributed by atoms with Crippen molar-refractivity contribution in [3.63, 3.8) is 0 Å². The number of carbonyl (C=O) groups excluding carboxylic acids is 1. The van der Waals surface area contributed by atoms with Crippen molar-refractivity contribution in [2.45, 2.75) is 37.9 Å². The molecule has 1 aromatic heterocycles. The number of aromatic nitrogens is 2. The van der Waals surface area contributed by atoms with Gasteiger partial charge in [0, 0.05) is 11.6 Å². The van der Waals surface area contributed by atoms with Crippen molar-refractivity contribution in [3.8, 4) is 0 Å². The van der Waals surface area contributed by atoms with Crippen molar-refractivity contribution >= 4 is 16.9 Å². The van der Waals surface area contributed by atoms with Crippen molar-refractivity contribution in [2.75, 3.05) is 7.11 Å². The van der Waals surface area contributed by atoms with Crippen molar-refractivity contribution in [3.05, 3.63) is 30.1 Å². The third-order valence-electron chi connectivity index (χ3n) is 4.50. The number of halogens is 3. The van der Waals surface area contributed by atoms with Crippen LogP contribution in [0.3, 0.4) is 0 Å². The van der Waals surface area contributed by atoms with Crippen LogP contribution >= 0.6 is 0 Å². The van der Waals surface area contributed by atoms with Gasteiger partial charge in [-0.2, -0.15) is 17.9 Å². The maximum absolute atomic E-state index is 12.7. The minimum atomic E-state index is -4.14. The number of imidazole rings is 1. The number of amides is 1. The average molecular weight is 341 g/mol. The molecule has 1 N–H and O–H groups in total. The van der Waals surface area contributed by atoms with Gasteiger partial charge in [-0.15, -0.1) is 0 Å². The maximum atomic E-state index is 12.7. The predicted octanol–water partition coefficient (Wildman–Crippen LogP) is 2.95. The van der Waals surface area contributed by atoms with Gasteiger partial charge in [-0.1, -0.05) is 0 Å². The van der Waals surface area contributed by atoms with Crippen molar-refractivity contribution < 1.29 is 22.8 Å². The summed E-state index contributed by atoms with van der Waals surface area (Å²) in [7, 11) is 1.51. The molecule has 1 heterocycles. The summed E-state index contributed by atoms with van der Waals surface area (Å²) in [5.41, 5.74) is 1.78. The first-order valence-corrected chi connectivity index (χ1v) is 7.77. The summed E-state index contributed by atoms with van der Waals surface area (Å²) in [6, 6.07) is 4.79. The Hall–Kier alpha value is -2.25. The van der Waals surface area contributed by atoms with Gasteiger partial charge in [0.25, 0.3) is 5.91 Å². The number of alkyl halides is 3. The third kappa shape index (κ3) is 3.32. The molecule has 0 aliphatic heterocycles. The van der Waals surface area contributed by atoms with E-state index in [2.05, 4.69) is 10.3 Å². The molecular formula is C16H18F3N3O2. The number of fused-ring (bicyclic) bond motifs is 1. The second kappa shape index (κ2) is 6.33. The number of hydrogen-bond acceptors (Lipinski definition) is 3. The van der Waals surface area contributed by atoms with Gasteiger partial charge in [-0.05, 0) is 43.9 Å². The highest BCUT2D eigenvalue weighted by Crippen LogP contribution is 2.37. The van der Waals surface area contributed by atoms with Gasteiger partial charge < -0.3 is 10.2 Å². The van der Waals surface area contributed by atoms with Crippen LogP contribution in [0.15, 0.2) is 24.5 Å². The van der Waals surface area contributed by atoms with E-state index in [1.54, 1.807) is 18.2 Å². The van der Waals surface area contributed by atoms with Crippen molar-refractivity contribution in [2.24, 2.45) is 5.92 Å². The molecule has 8 heteroatoms. The summed E-state index contributed by atoms with van der Waals surface area (Å²) in [6.07, 6.45) is -1.82. The topological polar surface area (TPSA) is 56.2 Å². The highest BCUT2D eigenvalue weighted by atomic mass is 19.4. The second-order valence-electron chi connectivity index (χ2n) is 6.02. The molecule has 1 aromatic carbocycles. The SMILES string of the molecule is COn1cnc2cc(C(=O)NC3CCC(C(F)(F)F)CC3)ccc21. The van der Waals surface area contributed by atoms with E-state index in [0.717, 1.165) is 5.52 Å². The van der Waals surface area contributed by atoms with E-state index in [0.29, 0.717) is 23.9 Å². The fourth-order valence-electron chi connectivity index (χ4n) is 3.11. The Balaban J connectivity index is 1.63. The Morgan fingerprint density at radius 2 is 2.00 bits per heavy atom. The Morgan fingerprint density at radius 3 is 2.62 bits per heavy atom. The number of benzene rings is 1. The minimum Gasteiger partial charge on any atom is -0.416 e. The van der Waals surface area contributed by atoms with E-state index in [4.69, 9.17) is 4.84 Å². The van der Waals surface area contributed by atoms with E-state index in [9.17, 15) is 18.0 Å². The average Bonchev–Trinajstić information content (AvgIpc) is 2.96. The molecule has 1 amide bonds. The van der Waals surface area contributed by atoms with Crippen molar-refractivity contribution in [1.29, 1.82) is 0 Å². The molecule has 130 valence electrons. The van der Waals surface area contributed by atoms with E-state index >= 15 is 0 Å². The zero-order valence-corrected chi connectivity index (χ0v) is 13.1. The van der Waals surface area contributed by atoms with Gasteiger partial charge in [0.05, 0.1) is 11.4 Å². The lowest BCUT2D eigenvalue weighted by atomic mass is 9.85. The van der Waals surface area contributed by atoms with Gasteiger partial charge in [-0.25, -0.2) is 4.98 Å². The van der Waals surface area contributed by atoms with Crippen LogP contribution < -0.4 is 10.2 Å². The Bertz CT molecular complexity index is 734. The van der Waals surface area contributed by atoms with E-state index in [1.165, 1.54) is 18.2 Å². The highest BCUT2D eigenvalue weighted by Gasteiger charge is 2.41. The number of rotatable bonds is 3. The molecule has 1 saturated carbocycles. The molecule has 1 aliphatic rings. The summed E-state index contributed by atoms with van der Waals surface area (Å²) in [4.78, 5) is 21.5. The molecule has 0 radical (unpaired) electrons. The normalized spacial score (nSPS) is 21.7. The standard InChI is InChI=1S/C16H18F3N3O2/c1-24-22-9-20-13-8-10(2-7-14(13)22)15(23)21-12-5-3-11(4-6-12)16(17,18)19/h2,7-9,11-12H,3-6H2,1H3,(H,21,23). The van der Waals surface area contributed by atoms with Crippen LogP contribution in [0.1, 0.15) is 36.0 Å². The van der Waals surface area contributed by atoms with E-state index in [1.807, 2.05) is 0 Å². The summed E-state index contributed by atoms with van der Waals surface area (Å²) < 4.78 is 39.5. The second-order valence-corrected chi connectivity index (χ2v) is 6.02. The first-order chi connectivity index (χ1) is 11.4. The molecule has 0 saturated heterocycles. The molecule has 0 spiro atoms. The summed E-state index contributed by atoms with van der Waals surface area (Å²) in [5.74, 6) is -1.54. The first-order valence-electron chi connectivity index (χ1n) is 7.77. The van der Waals surface area contributed by atoms with Crippen LogP contribution in [0, 0.1) is 5.92 Å². The largest absolute Gasteiger partial charge is 0.416 e. The van der Waals surface area contributed by atoms with E-state index < -0.39 is 12.1 Å². The number of hydrogen-bond donors (Lipinski definition) is 1. The lowest BCUT2D eigenvalue weighted by Gasteiger charge is -2.30. The fraction of sp³-hybridized carbons (Fsp3) is 0.500. The smallest absolute Gasteiger partial charge is 0.391 e. The quantitative estimate of drug-likeness (QED) is 0.934. The molecule has 0 atom stereocenters. The number of carbonyl (C=O) groups is 1. The van der Waals surface area contributed by atoms with Crippen LogP contribution in [-0.4, -0.2) is 34.9 Å². The van der Waals surface area contributed by atoms with Gasteiger partial charge in [0.2, 0.25) is 0 Å². The molecule has 0 bridgehead atoms. The summed E-state index contributed by atoms with van der Waals surface area (Å²) in [5, 5.41) is 2.82. The number of nitrogens with zero attached hydrogens (tertiary/aromatic N) is 2. The van der Waals surface area contributed by atoms with Gasteiger partial charge in [0.15, 0.2) is 0 Å².